The second-order valence-electron chi connectivity index (χ2n) is 8.58. The van der Waals surface area contributed by atoms with Crippen molar-refractivity contribution in [2.45, 2.75) is 117 Å². The molecule has 0 unspecified atom stereocenters. The number of carboxylic acids is 1. The van der Waals surface area contributed by atoms with Crippen molar-refractivity contribution in [3.05, 3.63) is 12.2 Å². The number of nitrogens with one attached hydrogen (secondary N) is 1. The van der Waals surface area contributed by atoms with Crippen LogP contribution in [0.15, 0.2) is 12.2 Å². The number of allylic oxidation sites excluding steroid dienone is 2. The summed E-state index contributed by atoms with van der Waals surface area (Å²) in [5.74, 6) is -0.888. The molecule has 0 bridgehead atoms. The van der Waals surface area contributed by atoms with E-state index in [1.54, 1.807) is 0 Å². The van der Waals surface area contributed by atoms with E-state index in [1.807, 2.05) is 4.90 Å². The maximum absolute atomic E-state index is 12.4. The summed E-state index contributed by atoms with van der Waals surface area (Å²) in [6, 6.07) is 0.275. The topological polar surface area (TPSA) is 86.7 Å². The quantitative estimate of drug-likeness (QED) is 0.195. The lowest BCUT2D eigenvalue weighted by Crippen LogP contribution is -2.37. The predicted molar refractivity (Wildman–Crippen MR) is 127 cm³/mol. The van der Waals surface area contributed by atoms with Crippen molar-refractivity contribution in [3.8, 4) is 0 Å². The number of nitrogens with zero attached hydrogens (tertiary/aromatic N) is 1. The molecule has 2 N–H and O–H groups in total. The van der Waals surface area contributed by atoms with Gasteiger partial charge < -0.3 is 15.3 Å². The third kappa shape index (κ3) is 18.6. The number of unbranched alkanes of at least 4 members (excludes halogenated alkanes) is 9. The van der Waals surface area contributed by atoms with Gasteiger partial charge >= 0.3 is 5.97 Å². The summed E-state index contributed by atoms with van der Waals surface area (Å²) in [6.07, 6.45) is 18.4. The molecule has 2 amide bonds. The first-order chi connectivity index (χ1) is 14.9. The van der Waals surface area contributed by atoms with Crippen LogP contribution < -0.4 is 5.32 Å². The smallest absolute Gasteiger partial charge is 0.322 e. The normalized spacial score (nSPS) is 11.2. The van der Waals surface area contributed by atoms with Crippen molar-refractivity contribution in [1.29, 1.82) is 0 Å². The van der Waals surface area contributed by atoms with E-state index in [2.05, 4.69) is 38.2 Å². The first kappa shape index (κ1) is 29.1. The van der Waals surface area contributed by atoms with Crippen molar-refractivity contribution in [3.63, 3.8) is 0 Å². The molecule has 0 saturated carbocycles. The maximum atomic E-state index is 12.4. The van der Waals surface area contributed by atoms with Crippen molar-refractivity contribution in [2.75, 3.05) is 13.1 Å². The largest absolute Gasteiger partial charge is 0.480 e. The molecule has 0 aromatic heterocycles. The number of hydrogen-bond acceptors (Lipinski definition) is 3. The number of amides is 2. The fraction of sp³-hybridized carbons (Fsp3) is 0.800. The molecule has 0 atom stereocenters. The zero-order valence-corrected chi connectivity index (χ0v) is 20.2. The average Bonchev–Trinajstić information content (AvgIpc) is 2.72. The zero-order chi connectivity index (χ0) is 23.3. The average molecular weight is 439 g/mol. The molecule has 0 aliphatic rings. The SMILES string of the molecule is CCCCCCC(=O)N(CCCC/C=C\CCCCCCC(=O)NCC(=O)O)C(C)C. The van der Waals surface area contributed by atoms with E-state index in [-0.39, 0.29) is 18.5 Å². The minimum atomic E-state index is -1.01. The van der Waals surface area contributed by atoms with Gasteiger partial charge in [-0.3, -0.25) is 14.4 Å². The van der Waals surface area contributed by atoms with Crippen molar-refractivity contribution < 1.29 is 19.5 Å². The van der Waals surface area contributed by atoms with Crippen LogP contribution in [0, 0.1) is 0 Å². The number of rotatable bonds is 20. The number of carboxylic acid groups (broad SMARTS) is 1. The summed E-state index contributed by atoms with van der Waals surface area (Å²) < 4.78 is 0. The number of hydrogen-bond donors (Lipinski definition) is 2. The minimum Gasteiger partial charge on any atom is -0.480 e. The fourth-order valence-electron chi connectivity index (χ4n) is 3.46. The highest BCUT2D eigenvalue weighted by Crippen LogP contribution is 2.11. The third-order valence-electron chi connectivity index (χ3n) is 5.34. The Morgan fingerprint density at radius 3 is 2.03 bits per heavy atom. The Balaban J connectivity index is 3.68. The number of carbonyl (C=O) groups excluding carboxylic acids is 2. The third-order valence-corrected chi connectivity index (χ3v) is 5.34. The van der Waals surface area contributed by atoms with E-state index < -0.39 is 5.97 Å². The highest BCUT2D eigenvalue weighted by molar-refractivity contribution is 5.81. The molecule has 6 nitrogen and oxygen atoms in total. The van der Waals surface area contributed by atoms with Gasteiger partial charge in [0.25, 0.3) is 0 Å². The van der Waals surface area contributed by atoms with Gasteiger partial charge in [0.05, 0.1) is 0 Å². The van der Waals surface area contributed by atoms with Gasteiger partial charge in [-0.15, -0.1) is 0 Å². The van der Waals surface area contributed by atoms with E-state index in [1.165, 1.54) is 12.8 Å². The Kier molecular flexibility index (Phi) is 18.9. The summed E-state index contributed by atoms with van der Waals surface area (Å²) in [4.78, 5) is 36.2. The van der Waals surface area contributed by atoms with Crippen molar-refractivity contribution in [2.24, 2.45) is 0 Å². The maximum Gasteiger partial charge on any atom is 0.322 e. The summed E-state index contributed by atoms with van der Waals surface area (Å²) in [5.41, 5.74) is 0. The minimum absolute atomic E-state index is 0.184. The van der Waals surface area contributed by atoms with Crippen LogP contribution in [0.4, 0.5) is 0 Å². The van der Waals surface area contributed by atoms with E-state index in [0.717, 1.165) is 70.8 Å². The van der Waals surface area contributed by atoms with Crippen LogP contribution in [-0.4, -0.2) is 46.9 Å². The van der Waals surface area contributed by atoms with Gasteiger partial charge in [0.2, 0.25) is 11.8 Å². The van der Waals surface area contributed by atoms with Crippen LogP contribution >= 0.6 is 0 Å². The molecule has 0 aliphatic carbocycles. The zero-order valence-electron chi connectivity index (χ0n) is 20.2. The first-order valence-corrected chi connectivity index (χ1v) is 12.3. The van der Waals surface area contributed by atoms with Crippen LogP contribution in [0.5, 0.6) is 0 Å². The molecule has 0 spiro atoms. The number of carbonyl (C=O) groups is 3. The lowest BCUT2D eigenvalue weighted by Gasteiger charge is -2.27. The van der Waals surface area contributed by atoms with Gasteiger partial charge in [-0.2, -0.15) is 0 Å². The molecule has 180 valence electrons. The van der Waals surface area contributed by atoms with E-state index in [0.29, 0.717) is 18.7 Å². The Bertz CT molecular complexity index is 518. The monoisotopic (exact) mass is 438 g/mol. The molecule has 0 rings (SSSR count). The van der Waals surface area contributed by atoms with Crippen LogP contribution in [0.2, 0.25) is 0 Å². The Morgan fingerprint density at radius 2 is 1.42 bits per heavy atom. The summed E-state index contributed by atoms with van der Waals surface area (Å²) in [6.45, 7) is 6.96. The molecule has 0 aromatic rings. The molecule has 0 aliphatic heterocycles. The van der Waals surface area contributed by atoms with Gasteiger partial charge in [-0.05, 0) is 58.8 Å². The second kappa shape index (κ2) is 20.1. The van der Waals surface area contributed by atoms with Crippen molar-refractivity contribution >= 4 is 17.8 Å². The van der Waals surface area contributed by atoms with Crippen LogP contribution in [-0.2, 0) is 14.4 Å². The Labute approximate surface area is 189 Å². The highest BCUT2D eigenvalue weighted by atomic mass is 16.4. The van der Waals surface area contributed by atoms with Gasteiger partial charge in [0.1, 0.15) is 6.54 Å². The lowest BCUT2D eigenvalue weighted by atomic mass is 10.1. The molecule has 0 aromatic carbocycles. The molecule has 0 saturated heterocycles. The van der Waals surface area contributed by atoms with Gasteiger partial charge in [0.15, 0.2) is 0 Å². The Morgan fingerprint density at radius 1 is 0.839 bits per heavy atom. The molecule has 0 radical (unpaired) electrons. The molecule has 6 heteroatoms. The summed E-state index contributed by atoms with van der Waals surface area (Å²) >= 11 is 0. The molecule has 0 heterocycles. The van der Waals surface area contributed by atoms with Gasteiger partial charge in [0, 0.05) is 25.4 Å². The molecular weight excluding hydrogens is 392 g/mol. The van der Waals surface area contributed by atoms with Crippen LogP contribution in [0.3, 0.4) is 0 Å². The van der Waals surface area contributed by atoms with Crippen molar-refractivity contribution in [1.82, 2.24) is 10.2 Å². The van der Waals surface area contributed by atoms with Gasteiger partial charge in [-0.1, -0.05) is 51.2 Å². The van der Waals surface area contributed by atoms with Crippen LogP contribution in [0.1, 0.15) is 111 Å². The highest BCUT2D eigenvalue weighted by Gasteiger charge is 2.15. The summed E-state index contributed by atoms with van der Waals surface area (Å²) in [7, 11) is 0. The standard InChI is InChI=1S/C25H46N2O4/c1-4-5-6-16-19-24(29)27(22(2)3)20-17-14-12-10-8-7-9-11-13-15-18-23(28)26-21-25(30)31/h8,10,22H,4-7,9,11-21H2,1-3H3,(H,26,28)(H,30,31)/b10-8-. The molecule has 0 fully saturated rings. The summed E-state index contributed by atoms with van der Waals surface area (Å²) in [5, 5.41) is 10.9. The van der Waals surface area contributed by atoms with Gasteiger partial charge in [-0.25, -0.2) is 0 Å². The molecule has 31 heavy (non-hydrogen) atoms. The first-order valence-electron chi connectivity index (χ1n) is 12.3. The fourth-order valence-corrected chi connectivity index (χ4v) is 3.46. The van der Waals surface area contributed by atoms with E-state index >= 15 is 0 Å². The van der Waals surface area contributed by atoms with E-state index in [4.69, 9.17) is 5.11 Å². The van der Waals surface area contributed by atoms with E-state index in [9.17, 15) is 14.4 Å². The predicted octanol–water partition coefficient (Wildman–Crippen LogP) is 5.46. The Hall–Kier alpha value is -1.85. The number of aliphatic carboxylic acids is 1. The second-order valence-corrected chi connectivity index (χ2v) is 8.58. The van der Waals surface area contributed by atoms with Crippen LogP contribution in [0.25, 0.3) is 0 Å². The lowest BCUT2D eigenvalue weighted by molar-refractivity contribution is -0.138. The molecular formula is C25H46N2O4.